The van der Waals surface area contributed by atoms with Crippen LogP contribution in [-0.4, -0.2) is 13.5 Å². The molecule has 2 rings (SSSR count). The van der Waals surface area contributed by atoms with Crippen LogP contribution in [0.25, 0.3) is 0 Å². The van der Waals surface area contributed by atoms with E-state index >= 15 is 0 Å². The minimum Gasteiger partial charge on any atom is -0.508 e. The molecule has 0 amide bonds. The van der Waals surface area contributed by atoms with Crippen molar-refractivity contribution in [3.63, 3.8) is 0 Å². The van der Waals surface area contributed by atoms with Gasteiger partial charge in [0.1, 0.15) is 9.96 Å². The van der Waals surface area contributed by atoms with Crippen LogP contribution in [0.3, 0.4) is 0 Å². The molecule has 0 bridgehead atoms. The fourth-order valence-corrected chi connectivity index (χ4v) is 4.72. The number of hydrogen-bond acceptors (Lipinski definition) is 4. The Morgan fingerprint density at radius 3 is 2.42 bits per heavy atom. The molecule has 4 nitrogen and oxygen atoms in total. The minimum absolute atomic E-state index is 0.0590. The third-order valence-electron chi connectivity index (χ3n) is 2.56. The maximum Gasteiger partial charge on any atom is 0.271 e. The molecule has 2 N–H and O–H groups in total. The predicted octanol–water partition coefficient (Wildman–Crippen LogP) is 3.63. The van der Waals surface area contributed by atoms with Gasteiger partial charge in [-0.15, -0.1) is 11.3 Å². The molecule has 102 valence electrons. The number of phenolic OH excluding ortho intramolecular Hbond substituents is 1. The van der Waals surface area contributed by atoms with Crippen molar-refractivity contribution in [2.24, 2.45) is 0 Å². The van der Waals surface area contributed by atoms with E-state index in [1.165, 1.54) is 6.07 Å². The number of sulfonamides is 1. The monoisotopic (exact) mass is 361 g/mol. The highest BCUT2D eigenvalue weighted by Gasteiger charge is 2.18. The number of rotatable bonds is 3. The molecule has 2 aromatic rings. The van der Waals surface area contributed by atoms with Gasteiger partial charge in [-0.25, -0.2) is 8.42 Å². The van der Waals surface area contributed by atoms with Gasteiger partial charge in [0.2, 0.25) is 0 Å². The number of nitrogens with one attached hydrogen (secondary N) is 1. The van der Waals surface area contributed by atoms with Crippen molar-refractivity contribution in [2.45, 2.75) is 18.1 Å². The lowest BCUT2D eigenvalue weighted by molar-refractivity contribution is 0.471. The molecule has 0 aliphatic rings. The molecule has 7 heteroatoms. The summed E-state index contributed by atoms with van der Waals surface area (Å²) in [6.07, 6.45) is 0. The third kappa shape index (κ3) is 3.10. The van der Waals surface area contributed by atoms with Gasteiger partial charge in [0.15, 0.2) is 0 Å². The number of anilines is 1. The van der Waals surface area contributed by atoms with Crippen molar-refractivity contribution in [3.8, 4) is 5.75 Å². The first-order valence-electron chi connectivity index (χ1n) is 5.38. The molecular formula is C12H12BrNO3S2. The molecule has 0 aliphatic heterocycles. The molecule has 0 atom stereocenters. The molecule has 0 fully saturated rings. The Labute approximate surface area is 124 Å². The minimum atomic E-state index is -3.62. The highest BCUT2D eigenvalue weighted by atomic mass is 79.9. The van der Waals surface area contributed by atoms with Crippen molar-refractivity contribution in [1.82, 2.24) is 0 Å². The van der Waals surface area contributed by atoms with E-state index in [4.69, 9.17) is 0 Å². The first-order chi connectivity index (χ1) is 8.79. The Kier molecular flexibility index (Phi) is 3.89. The molecule has 19 heavy (non-hydrogen) atoms. The van der Waals surface area contributed by atoms with E-state index in [0.29, 0.717) is 11.3 Å². The quantitative estimate of drug-likeness (QED) is 0.876. The lowest BCUT2D eigenvalue weighted by Crippen LogP contribution is -2.11. The summed E-state index contributed by atoms with van der Waals surface area (Å²) in [5.41, 5.74) is 1.90. The standard InChI is InChI=1S/C12H12BrNO3S2/c1-7-3-4-9(6-10(7)15)14-19(16,17)11-5-8(2)12(13)18-11/h3-6,14-15H,1-2H3. The molecular weight excluding hydrogens is 350 g/mol. The van der Waals surface area contributed by atoms with Crippen molar-refractivity contribution < 1.29 is 13.5 Å². The van der Waals surface area contributed by atoms with Gasteiger partial charge in [-0.05, 0) is 53.0 Å². The van der Waals surface area contributed by atoms with E-state index in [2.05, 4.69) is 20.7 Å². The number of hydrogen-bond donors (Lipinski definition) is 2. The normalized spacial score (nSPS) is 11.5. The number of thiophene rings is 1. The average molecular weight is 362 g/mol. The summed E-state index contributed by atoms with van der Waals surface area (Å²) in [4.78, 5) is 0. The van der Waals surface area contributed by atoms with Gasteiger partial charge in [-0.1, -0.05) is 6.07 Å². The third-order valence-corrected chi connectivity index (χ3v) is 6.55. The second kappa shape index (κ2) is 5.15. The number of phenols is 1. The van der Waals surface area contributed by atoms with E-state index < -0.39 is 10.0 Å². The van der Waals surface area contributed by atoms with Gasteiger partial charge >= 0.3 is 0 Å². The zero-order valence-corrected chi connectivity index (χ0v) is 13.5. The van der Waals surface area contributed by atoms with Crippen LogP contribution in [-0.2, 0) is 10.0 Å². The van der Waals surface area contributed by atoms with Crippen LogP contribution in [0.1, 0.15) is 11.1 Å². The van der Waals surface area contributed by atoms with Gasteiger partial charge in [0.05, 0.1) is 9.47 Å². The molecule has 0 spiro atoms. The van der Waals surface area contributed by atoms with Gasteiger partial charge < -0.3 is 5.11 Å². The van der Waals surface area contributed by atoms with Crippen molar-refractivity contribution in [3.05, 3.63) is 39.2 Å². The van der Waals surface area contributed by atoms with Gasteiger partial charge in [-0.2, -0.15) is 0 Å². The summed E-state index contributed by atoms with van der Waals surface area (Å²) in [5.74, 6) is 0.0590. The SMILES string of the molecule is Cc1ccc(NS(=O)(=O)c2cc(C)c(Br)s2)cc1O. The number of aryl methyl sites for hydroxylation is 2. The number of halogens is 1. The van der Waals surface area contributed by atoms with E-state index in [1.807, 2.05) is 6.92 Å². The molecule has 1 aromatic carbocycles. The van der Waals surface area contributed by atoms with Crippen LogP contribution in [0, 0.1) is 13.8 Å². The zero-order valence-electron chi connectivity index (χ0n) is 10.3. The summed E-state index contributed by atoms with van der Waals surface area (Å²) in [5, 5.41) is 9.58. The Hall–Kier alpha value is -1.05. The Morgan fingerprint density at radius 2 is 1.89 bits per heavy atom. The summed E-state index contributed by atoms with van der Waals surface area (Å²) < 4.78 is 27.8. The second-order valence-corrected chi connectivity index (χ2v) is 8.41. The van der Waals surface area contributed by atoms with Crippen molar-refractivity contribution in [1.29, 1.82) is 0 Å². The molecule has 0 aliphatic carbocycles. The second-order valence-electron chi connectivity index (χ2n) is 4.13. The van der Waals surface area contributed by atoms with Crippen LogP contribution in [0.4, 0.5) is 5.69 Å². The lowest BCUT2D eigenvalue weighted by Gasteiger charge is -2.07. The predicted molar refractivity (Wildman–Crippen MR) is 80.4 cm³/mol. The molecule has 0 saturated carbocycles. The summed E-state index contributed by atoms with van der Waals surface area (Å²) in [7, 11) is -3.62. The highest BCUT2D eigenvalue weighted by molar-refractivity contribution is 9.11. The number of aromatic hydroxyl groups is 1. The Balaban J connectivity index is 2.33. The summed E-state index contributed by atoms with van der Waals surface area (Å²) in [6, 6.07) is 6.26. The summed E-state index contributed by atoms with van der Waals surface area (Å²) >= 11 is 4.45. The molecule has 0 radical (unpaired) electrons. The van der Waals surface area contributed by atoms with Crippen LogP contribution in [0.15, 0.2) is 32.3 Å². The molecule has 1 aromatic heterocycles. The maximum absolute atomic E-state index is 12.2. The van der Waals surface area contributed by atoms with Crippen LogP contribution >= 0.6 is 27.3 Å². The van der Waals surface area contributed by atoms with Crippen LogP contribution in [0.5, 0.6) is 5.75 Å². The fourth-order valence-electron chi connectivity index (χ4n) is 1.44. The highest BCUT2D eigenvalue weighted by Crippen LogP contribution is 2.32. The van der Waals surface area contributed by atoms with E-state index in [-0.39, 0.29) is 9.96 Å². The van der Waals surface area contributed by atoms with Gasteiger partial charge in [-0.3, -0.25) is 4.72 Å². The average Bonchev–Trinajstić information content (AvgIpc) is 2.65. The van der Waals surface area contributed by atoms with E-state index in [1.54, 1.807) is 25.1 Å². The first kappa shape index (κ1) is 14.4. The Morgan fingerprint density at radius 1 is 1.21 bits per heavy atom. The summed E-state index contributed by atoms with van der Waals surface area (Å²) in [6.45, 7) is 3.57. The van der Waals surface area contributed by atoms with Crippen LogP contribution < -0.4 is 4.72 Å². The smallest absolute Gasteiger partial charge is 0.271 e. The first-order valence-corrected chi connectivity index (χ1v) is 8.47. The number of benzene rings is 1. The Bertz CT molecular complexity index is 703. The van der Waals surface area contributed by atoms with E-state index in [9.17, 15) is 13.5 Å². The van der Waals surface area contributed by atoms with Crippen LogP contribution in [0.2, 0.25) is 0 Å². The van der Waals surface area contributed by atoms with Gasteiger partial charge in [0, 0.05) is 6.07 Å². The topological polar surface area (TPSA) is 66.4 Å². The van der Waals surface area contributed by atoms with Crippen molar-refractivity contribution >= 4 is 43.0 Å². The van der Waals surface area contributed by atoms with E-state index in [0.717, 1.165) is 20.7 Å². The molecule has 0 saturated heterocycles. The van der Waals surface area contributed by atoms with Gasteiger partial charge in [0.25, 0.3) is 10.0 Å². The molecule has 1 heterocycles. The van der Waals surface area contributed by atoms with Crippen molar-refractivity contribution in [2.75, 3.05) is 4.72 Å². The fraction of sp³-hybridized carbons (Fsp3) is 0.167. The lowest BCUT2D eigenvalue weighted by atomic mass is 10.2. The molecule has 0 unspecified atom stereocenters. The zero-order chi connectivity index (χ0) is 14.2. The largest absolute Gasteiger partial charge is 0.508 e. The maximum atomic E-state index is 12.2.